The van der Waals surface area contributed by atoms with Crippen LogP contribution in [0.1, 0.15) is 45.7 Å². The number of carbonyl (C=O) groups excluding carboxylic acids is 3. The van der Waals surface area contributed by atoms with Gasteiger partial charge >= 0.3 is 5.97 Å². The lowest BCUT2D eigenvalue weighted by Gasteiger charge is -2.30. The number of imidazole rings is 1. The molecule has 5 atom stereocenters. The first-order chi connectivity index (χ1) is 14.6. The van der Waals surface area contributed by atoms with Crippen LogP contribution in [-0.4, -0.2) is 74.4 Å². The Kier molecular flexibility index (Phi) is 8.55. The summed E-state index contributed by atoms with van der Waals surface area (Å²) in [6.07, 6.45) is 4.68. The fraction of sp³-hybridized carbons (Fsp3) is 0.650. The fourth-order valence-corrected chi connectivity index (χ4v) is 3.59. The van der Waals surface area contributed by atoms with Gasteiger partial charge in [-0.05, 0) is 25.7 Å². The van der Waals surface area contributed by atoms with Gasteiger partial charge in [-0.3, -0.25) is 14.4 Å². The van der Waals surface area contributed by atoms with E-state index in [9.17, 15) is 24.3 Å². The van der Waals surface area contributed by atoms with E-state index in [1.54, 1.807) is 13.8 Å². The van der Waals surface area contributed by atoms with Gasteiger partial charge in [0, 0.05) is 24.9 Å². The fourth-order valence-electron chi connectivity index (χ4n) is 3.59. The minimum Gasteiger partial charge on any atom is -0.480 e. The third-order valence-electron chi connectivity index (χ3n) is 5.61. The number of nitrogens with two attached hydrogens (primary N) is 1. The molecule has 0 aliphatic carbocycles. The van der Waals surface area contributed by atoms with Crippen molar-refractivity contribution in [2.75, 3.05) is 6.54 Å². The van der Waals surface area contributed by atoms with Crippen LogP contribution in [0.25, 0.3) is 0 Å². The summed E-state index contributed by atoms with van der Waals surface area (Å²) in [6, 6.07) is -3.54. The Morgan fingerprint density at radius 1 is 1.32 bits per heavy atom. The number of hydrogen-bond acceptors (Lipinski definition) is 6. The Bertz CT molecular complexity index is 781. The van der Waals surface area contributed by atoms with Crippen LogP contribution in [-0.2, 0) is 25.6 Å². The first-order valence-electron chi connectivity index (χ1n) is 10.5. The van der Waals surface area contributed by atoms with Crippen LogP contribution in [0.3, 0.4) is 0 Å². The monoisotopic (exact) mass is 436 g/mol. The summed E-state index contributed by atoms with van der Waals surface area (Å²) in [5.41, 5.74) is 6.25. The zero-order valence-corrected chi connectivity index (χ0v) is 18.1. The van der Waals surface area contributed by atoms with Crippen LogP contribution in [0, 0.1) is 5.92 Å². The summed E-state index contributed by atoms with van der Waals surface area (Å²) in [6.45, 7) is 5.67. The van der Waals surface area contributed by atoms with E-state index in [-0.39, 0.29) is 18.2 Å². The minimum absolute atomic E-state index is 0.0293. The highest BCUT2D eigenvalue weighted by Gasteiger charge is 2.38. The molecule has 1 fully saturated rings. The van der Waals surface area contributed by atoms with Crippen molar-refractivity contribution < 1.29 is 24.3 Å². The number of aromatic amines is 1. The number of hydrogen-bond donors (Lipinski definition) is 5. The summed E-state index contributed by atoms with van der Waals surface area (Å²) >= 11 is 0. The van der Waals surface area contributed by atoms with Gasteiger partial charge in [0.05, 0.1) is 12.4 Å². The SMILES string of the molecule is CCC(C)C(NC(=O)C1CCCN1C(=O)C(C)N)C(=O)NC(Cc1cnc[nH]1)C(=O)O. The normalized spacial score (nSPS) is 19.9. The molecule has 3 amide bonds. The number of H-pyrrole nitrogens is 1. The molecule has 0 radical (unpaired) electrons. The van der Waals surface area contributed by atoms with Crippen molar-refractivity contribution in [1.29, 1.82) is 0 Å². The molecule has 31 heavy (non-hydrogen) atoms. The molecule has 0 spiro atoms. The molecule has 1 aliphatic heterocycles. The van der Waals surface area contributed by atoms with E-state index < -0.39 is 42.0 Å². The highest BCUT2D eigenvalue weighted by molar-refractivity contribution is 5.94. The van der Waals surface area contributed by atoms with Crippen molar-refractivity contribution in [3.63, 3.8) is 0 Å². The van der Waals surface area contributed by atoms with E-state index in [1.807, 2.05) is 6.92 Å². The van der Waals surface area contributed by atoms with Crippen molar-refractivity contribution in [3.05, 3.63) is 18.2 Å². The Morgan fingerprint density at radius 2 is 2.03 bits per heavy atom. The third-order valence-corrected chi connectivity index (χ3v) is 5.61. The third kappa shape index (κ3) is 6.27. The maximum Gasteiger partial charge on any atom is 0.326 e. The first-order valence-corrected chi connectivity index (χ1v) is 10.5. The lowest BCUT2D eigenvalue weighted by atomic mass is 9.97. The topological polar surface area (TPSA) is 171 Å². The molecule has 0 aromatic carbocycles. The van der Waals surface area contributed by atoms with Crippen LogP contribution in [0.2, 0.25) is 0 Å². The predicted molar refractivity (Wildman–Crippen MR) is 112 cm³/mol. The van der Waals surface area contributed by atoms with Crippen molar-refractivity contribution >= 4 is 23.7 Å². The molecule has 1 aliphatic rings. The largest absolute Gasteiger partial charge is 0.480 e. The predicted octanol–water partition coefficient (Wildman–Crippen LogP) is -0.609. The summed E-state index contributed by atoms with van der Waals surface area (Å²) in [4.78, 5) is 57.9. The van der Waals surface area contributed by atoms with Crippen LogP contribution < -0.4 is 16.4 Å². The van der Waals surface area contributed by atoms with Crippen LogP contribution in [0.15, 0.2) is 12.5 Å². The number of nitrogens with one attached hydrogen (secondary N) is 3. The summed E-state index contributed by atoms with van der Waals surface area (Å²) in [7, 11) is 0. The number of carbonyl (C=O) groups is 4. The Hall–Kier alpha value is -2.95. The van der Waals surface area contributed by atoms with Crippen molar-refractivity contribution in [2.45, 2.75) is 70.6 Å². The van der Waals surface area contributed by atoms with Crippen LogP contribution in [0.4, 0.5) is 0 Å². The number of carboxylic acid groups (broad SMARTS) is 1. The Morgan fingerprint density at radius 3 is 2.58 bits per heavy atom. The average Bonchev–Trinajstić information content (AvgIpc) is 3.41. The van der Waals surface area contributed by atoms with E-state index >= 15 is 0 Å². The van der Waals surface area contributed by atoms with Gasteiger partial charge < -0.3 is 31.4 Å². The van der Waals surface area contributed by atoms with Crippen LogP contribution >= 0.6 is 0 Å². The van der Waals surface area contributed by atoms with Gasteiger partial charge in [0.25, 0.3) is 0 Å². The van der Waals surface area contributed by atoms with Gasteiger partial charge in [-0.1, -0.05) is 20.3 Å². The minimum atomic E-state index is -1.19. The second-order valence-electron chi connectivity index (χ2n) is 8.03. The molecule has 0 saturated carbocycles. The molecule has 0 bridgehead atoms. The standard InChI is InChI=1S/C20H32N6O5/c1-4-11(2)16(18(28)24-14(20(30)31)8-13-9-22-10-23-13)25-17(27)15-6-5-7-26(15)19(29)12(3)21/h9-12,14-16H,4-8,21H2,1-3H3,(H,22,23)(H,24,28)(H,25,27)(H,30,31). The second kappa shape index (κ2) is 10.9. The molecule has 172 valence electrons. The molecule has 2 heterocycles. The highest BCUT2D eigenvalue weighted by atomic mass is 16.4. The second-order valence-corrected chi connectivity index (χ2v) is 8.03. The molecule has 1 aromatic rings. The van der Waals surface area contributed by atoms with E-state index in [0.717, 1.165) is 0 Å². The Labute approximate surface area is 181 Å². The number of amides is 3. The molecule has 5 unspecified atom stereocenters. The number of nitrogens with zero attached hydrogens (tertiary/aromatic N) is 2. The molecular formula is C20H32N6O5. The lowest BCUT2D eigenvalue weighted by Crippen LogP contribution is -2.58. The molecule has 6 N–H and O–H groups in total. The van der Waals surface area contributed by atoms with Crippen molar-refractivity contribution in [1.82, 2.24) is 25.5 Å². The van der Waals surface area contributed by atoms with E-state index in [4.69, 9.17) is 5.73 Å². The molecule has 1 saturated heterocycles. The van der Waals surface area contributed by atoms with Gasteiger partial charge in [0.15, 0.2) is 0 Å². The van der Waals surface area contributed by atoms with E-state index in [2.05, 4.69) is 20.6 Å². The molecule has 2 rings (SSSR count). The summed E-state index contributed by atoms with van der Waals surface area (Å²) < 4.78 is 0. The first kappa shape index (κ1) is 24.3. The number of likely N-dealkylation sites (tertiary alicyclic amines) is 1. The highest BCUT2D eigenvalue weighted by Crippen LogP contribution is 2.19. The van der Waals surface area contributed by atoms with E-state index in [0.29, 0.717) is 31.5 Å². The molecule has 11 heteroatoms. The van der Waals surface area contributed by atoms with Gasteiger partial charge in [0.1, 0.15) is 18.1 Å². The lowest BCUT2D eigenvalue weighted by molar-refractivity contribution is -0.143. The van der Waals surface area contributed by atoms with Gasteiger partial charge in [-0.25, -0.2) is 9.78 Å². The number of aromatic nitrogens is 2. The van der Waals surface area contributed by atoms with Gasteiger partial charge in [-0.15, -0.1) is 0 Å². The quantitative estimate of drug-likeness (QED) is 0.326. The zero-order valence-electron chi connectivity index (χ0n) is 18.1. The molecular weight excluding hydrogens is 404 g/mol. The smallest absolute Gasteiger partial charge is 0.326 e. The summed E-state index contributed by atoms with van der Waals surface area (Å²) in [5.74, 6) is -2.77. The Balaban J connectivity index is 2.11. The maximum absolute atomic E-state index is 12.9. The molecule has 11 nitrogen and oxygen atoms in total. The summed E-state index contributed by atoms with van der Waals surface area (Å²) in [5, 5.41) is 14.8. The maximum atomic E-state index is 12.9. The zero-order chi connectivity index (χ0) is 23.1. The number of rotatable bonds is 10. The van der Waals surface area contributed by atoms with Crippen molar-refractivity contribution in [2.24, 2.45) is 11.7 Å². The number of carboxylic acids is 1. The molecule has 1 aromatic heterocycles. The van der Waals surface area contributed by atoms with Crippen LogP contribution in [0.5, 0.6) is 0 Å². The van der Waals surface area contributed by atoms with Gasteiger partial charge in [-0.2, -0.15) is 0 Å². The van der Waals surface area contributed by atoms with Crippen molar-refractivity contribution in [3.8, 4) is 0 Å². The average molecular weight is 437 g/mol. The van der Waals surface area contributed by atoms with Gasteiger partial charge in [0.2, 0.25) is 17.7 Å². The number of aliphatic carboxylic acids is 1. The van der Waals surface area contributed by atoms with E-state index in [1.165, 1.54) is 17.4 Å².